The lowest BCUT2D eigenvalue weighted by Crippen LogP contribution is -2.34. The maximum atomic E-state index is 6.22. The third kappa shape index (κ3) is 3.20. The minimum Gasteiger partial charge on any atom is -0.322 e. The molecule has 25 heavy (non-hydrogen) atoms. The van der Waals surface area contributed by atoms with Gasteiger partial charge in [-0.25, -0.2) is 9.97 Å². The van der Waals surface area contributed by atoms with Gasteiger partial charge in [0.15, 0.2) is 0 Å². The van der Waals surface area contributed by atoms with Crippen molar-refractivity contribution in [3.63, 3.8) is 0 Å². The Morgan fingerprint density at radius 3 is 2.48 bits per heavy atom. The van der Waals surface area contributed by atoms with Gasteiger partial charge < -0.3 is 5.73 Å². The van der Waals surface area contributed by atoms with Gasteiger partial charge in [-0.2, -0.15) is 0 Å². The van der Waals surface area contributed by atoms with Crippen molar-refractivity contribution in [1.29, 1.82) is 0 Å². The van der Waals surface area contributed by atoms with Crippen molar-refractivity contribution in [3.8, 4) is 0 Å². The Morgan fingerprint density at radius 2 is 1.84 bits per heavy atom. The average molecular weight is 329 g/mol. The summed E-state index contributed by atoms with van der Waals surface area (Å²) < 4.78 is 0. The first kappa shape index (κ1) is 16.0. The molecule has 0 amide bonds. The summed E-state index contributed by atoms with van der Waals surface area (Å²) in [7, 11) is 0. The van der Waals surface area contributed by atoms with Crippen LogP contribution in [-0.4, -0.2) is 15.5 Å². The SMILES string of the molecule is CC1C=CC=C(c2nc3ccccc3nc2C2=CCC(C)(N)C=C2)C1. The van der Waals surface area contributed by atoms with Crippen LogP contribution < -0.4 is 5.73 Å². The summed E-state index contributed by atoms with van der Waals surface area (Å²) >= 11 is 0. The molecule has 2 aliphatic rings. The fourth-order valence-electron chi connectivity index (χ4n) is 3.37. The predicted molar refractivity (Wildman–Crippen MR) is 105 cm³/mol. The maximum absolute atomic E-state index is 6.22. The number of hydrogen-bond acceptors (Lipinski definition) is 3. The monoisotopic (exact) mass is 329 g/mol. The fraction of sp³-hybridized carbons (Fsp3) is 0.273. The molecule has 4 rings (SSSR count). The average Bonchev–Trinajstić information content (AvgIpc) is 2.61. The van der Waals surface area contributed by atoms with Crippen molar-refractivity contribution in [3.05, 3.63) is 72.1 Å². The molecule has 2 unspecified atom stereocenters. The second kappa shape index (κ2) is 6.08. The first-order chi connectivity index (χ1) is 12.0. The third-order valence-electron chi connectivity index (χ3n) is 4.83. The molecule has 0 saturated carbocycles. The number of nitrogens with two attached hydrogens (primary N) is 1. The van der Waals surface area contributed by atoms with Crippen LogP contribution in [0.25, 0.3) is 22.2 Å². The van der Waals surface area contributed by atoms with Crippen LogP contribution in [0.3, 0.4) is 0 Å². The molecule has 2 atom stereocenters. The molecule has 0 bridgehead atoms. The Hall–Kier alpha value is -2.52. The molecule has 0 radical (unpaired) electrons. The van der Waals surface area contributed by atoms with Gasteiger partial charge in [0.1, 0.15) is 0 Å². The van der Waals surface area contributed by atoms with Crippen molar-refractivity contribution in [1.82, 2.24) is 9.97 Å². The Morgan fingerprint density at radius 1 is 1.12 bits per heavy atom. The second-order valence-corrected chi connectivity index (χ2v) is 7.37. The summed E-state index contributed by atoms with van der Waals surface area (Å²) in [5.41, 5.74) is 12.1. The first-order valence-electron chi connectivity index (χ1n) is 8.85. The van der Waals surface area contributed by atoms with E-state index >= 15 is 0 Å². The summed E-state index contributed by atoms with van der Waals surface area (Å²) in [5, 5.41) is 0. The Balaban J connectivity index is 1.88. The number of hydrogen-bond donors (Lipinski definition) is 1. The van der Waals surface area contributed by atoms with Crippen LogP contribution in [0, 0.1) is 5.92 Å². The van der Waals surface area contributed by atoms with Crippen molar-refractivity contribution < 1.29 is 0 Å². The van der Waals surface area contributed by atoms with E-state index in [0.29, 0.717) is 5.92 Å². The molecule has 1 aromatic carbocycles. The second-order valence-electron chi connectivity index (χ2n) is 7.37. The van der Waals surface area contributed by atoms with Gasteiger partial charge >= 0.3 is 0 Å². The lowest BCUT2D eigenvalue weighted by Gasteiger charge is -2.24. The number of benzene rings is 1. The first-order valence-corrected chi connectivity index (χ1v) is 8.85. The van der Waals surface area contributed by atoms with Gasteiger partial charge in [0.05, 0.1) is 22.4 Å². The van der Waals surface area contributed by atoms with Crippen molar-refractivity contribution in [2.45, 2.75) is 32.2 Å². The third-order valence-corrected chi connectivity index (χ3v) is 4.83. The van der Waals surface area contributed by atoms with E-state index in [2.05, 4.69) is 43.4 Å². The van der Waals surface area contributed by atoms with E-state index in [0.717, 1.165) is 40.8 Å². The summed E-state index contributed by atoms with van der Waals surface area (Å²) in [6.07, 6.45) is 14.7. The maximum Gasteiger partial charge on any atom is 0.0966 e. The van der Waals surface area contributed by atoms with Crippen LogP contribution in [0.15, 0.2) is 60.7 Å². The molecule has 0 saturated heterocycles. The summed E-state index contributed by atoms with van der Waals surface area (Å²) in [4.78, 5) is 9.93. The quantitative estimate of drug-likeness (QED) is 0.871. The molecule has 3 nitrogen and oxygen atoms in total. The van der Waals surface area contributed by atoms with Gasteiger partial charge in [0.2, 0.25) is 0 Å². The molecule has 0 spiro atoms. The van der Waals surface area contributed by atoms with Crippen LogP contribution in [0.4, 0.5) is 0 Å². The highest BCUT2D eigenvalue weighted by atomic mass is 14.8. The lowest BCUT2D eigenvalue weighted by atomic mass is 9.87. The van der Waals surface area contributed by atoms with Gasteiger partial charge in [0.25, 0.3) is 0 Å². The van der Waals surface area contributed by atoms with Crippen LogP contribution in [0.2, 0.25) is 0 Å². The van der Waals surface area contributed by atoms with Crippen LogP contribution >= 0.6 is 0 Å². The number of para-hydroxylation sites is 2. The fourth-order valence-corrected chi connectivity index (χ4v) is 3.37. The van der Waals surface area contributed by atoms with E-state index in [4.69, 9.17) is 15.7 Å². The number of aromatic nitrogens is 2. The Kier molecular flexibility index (Phi) is 3.89. The number of allylic oxidation sites excluding steroid dienone is 6. The van der Waals surface area contributed by atoms with Crippen molar-refractivity contribution >= 4 is 22.2 Å². The van der Waals surface area contributed by atoms with Crippen LogP contribution in [0.5, 0.6) is 0 Å². The molecule has 2 N–H and O–H groups in total. The highest BCUT2D eigenvalue weighted by Gasteiger charge is 2.22. The topological polar surface area (TPSA) is 51.8 Å². The van der Waals surface area contributed by atoms with E-state index in [1.54, 1.807) is 0 Å². The molecular weight excluding hydrogens is 306 g/mol. The smallest absolute Gasteiger partial charge is 0.0966 e. The zero-order valence-corrected chi connectivity index (χ0v) is 14.7. The Bertz CT molecular complexity index is 945. The van der Waals surface area contributed by atoms with E-state index in [1.165, 1.54) is 5.57 Å². The number of nitrogens with zero attached hydrogens (tertiary/aromatic N) is 2. The van der Waals surface area contributed by atoms with Crippen molar-refractivity contribution in [2.24, 2.45) is 11.7 Å². The van der Waals surface area contributed by atoms with E-state index in [-0.39, 0.29) is 5.54 Å². The van der Waals surface area contributed by atoms with Crippen LogP contribution in [-0.2, 0) is 0 Å². The van der Waals surface area contributed by atoms with Crippen LogP contribution in [0.1, 0.15) is 38.1 Å². The number of rotatable bonds is 2. The minimum atomic E-state index is -0.282. The molecule has 0 fully saturated rings. The van der Waals surface area contributed by atoms with E-state index in [1.807, 2.05) is 31.2 Å². The summed E-state index contributed by atoms with van der Waals surface area (Å²) in [6, 6.07) is 8.07. The minimum absolute atomic E-state index is 0.282. The highest BCUT2D eigenvalue weighted by Crippen LogP contribution is 2.33. The Labute approximate surface area is 148 Å². The molecule has 3 heteroatoms. The van der Waals surface area contributed by atoms with Gasteiger partial charge in [-0.05, 0) is 49.0 Å². The molecule has 1 heterocycles. The molecular formula is C22H23N3. The highest BCUT2D eigenvalue weighted by molar-refractivity contribution is 5.86. The predicted octanol–water partition coefficient (Wildman–Crippen LogP) is 4.67. The zero-order valence-electron chi connectivity index (χ0n) is 14.7. The van der Waals surface area contributed by atoms with E-state index < -0.39 is 0 Å². The molecule has 1 aromatic heterocycles. The summed E-state index contributed by atoms with van der Waals surface area (Å²) in [5.74, 6) is 0.518. The zero-order chi connectivity index (χ0) is 17.4. The van der Waals surface area contributed by atoms with Gasteiger partial charge in [-0.3, -0.25) is 0 Å². The van der Waals surface area contributed by atoms with Gasteiger partial charge in [-0.15, -0.1) is 0 Å². The van der Waals surface area contributed by atoms with E-state index in [9.17, 15) is 0 Å². The number of fused-ring (bicyclic) bond motifs is 1. The normalized spacial score (nSPS) is 25.8. The molecule has 126 valence electrons. The molecule has 2 aliphatic carbocycles. The standard InChI is InChI=1S/C22H23N3/c1-15-6-5-7-17(14-15)21-20(16-10-12-22(2,23)13-11-16)24-18-8-3-4-9-19(18)25-21/h3-12,15H,13-14,23H2,1-2H3. The molecule has 0 aliphatic heterocycles. The van der Waals surface area contributed by atoms with Crippen molar-refractivity contribution in [2.75, 3.05) is 0 Å². The summed E-state index contributed by atoms with van der Waals surface area (Å²) in [6.45, 7) is 4.27. The lowest BCUT2D eigenvalue weighted by molar-refractivity contribution is 0.591. The largest absolute Gasteiger partial charge is 0.322 e. The molecule has 2 aromatic rings. The van der Waals surface area contributed by atoms with Gasteiger partial charge in [0, 0.05) is 5.54 Å². The van der Waals surface area contributed by atoms with Gasteiger partial charge in [-0.1, -0.05) is 55.5 Å².